The molecule has 0 aromatic heterocycles. The molecule has 15 heteroatoms. The zero-order valence-electron chi connectivity index (χ0n) is 17.4. The van der Waals surface area contributed by atoms with Crippen LogP contribution in [0.25, 0.3) is 0 Å². The van der Waals surface area contributed by atoms with Gasteiger partial charge in [-0.1, -0.05) is 0 Å². The maximum atomic E-state index is 12.8. The van der Waals surface area contributed by atoms with E-state index >= 15 is 0 Å². The van der Waals surface area contributed by atoms with Gasteiger partial charge in [-0.25, -0.2) is 0 Å². The maximum absolute atomic E-state index is 12.8. The van der Waals surface area contributed by atoms with Gasteiger partial charge in [-0.05, 0) is 67.8 Å². The minimum atomic E-state index is -2.20. The first-order chi connectivity index (χ1) is 15.3. The molecule has 0 radical (unpaired) electrons. The van der Waals surface area contributed by atoms with Gasteiger partial charge in [0, 0.05) is 20.5 Å². The molecule has 0 aliphatic rings. The molecule has 0 aliphatic heterocycles. The Kier molecular flexibility index (Phi) is 12.6. The van der Waals surface area contributed by atoms with E-state index in [1.54, 1.807) is 22.6 Å². The third-order valence-electron chi connectivity index (χ3n) is 4.50. The number of hydrogen-bond acceptors (Lipinski definition) is 9. The Labute approximate surface area is 230 Å². The van der Waals surface area contributed by atoms with E-state index in [2.05, 4.69) is 10.6 Å². The second kappa shape index (κ2) is 13.6. The molecule has 12 nitrogen and oxygen atoms in total. The number of hydrogen-bond donors (Lipinski definition) is 8. The number of nitrogens with zero attached hydrogens (tertiary/aromatic N) is 1. The summed E-state index contributed by atoms with van der Waals surface area (Å²) in [4.78, 5) is 38.7. The molecule has 1 rings (SSSR count). The van der Waals surface area contributed by atoms with Crippen LogP contribution in [0.5, 0.6) is 0 Å². The zero-order chi connectivity index (χ0) is 25.6. The first kappa shape index (κ1) is 30.6. The minimum Gasteiger partial charge on any atom is -0.395 e. The van der Waals surface area contributed by atoms with Crippen LogP contribution in [0.2, 0.25) is 0 Å². The predicted octanol–water partition coefficient (Wildman–Crippen LogP) is -1.42. The van der Waals surface area contributed by atoms with Gasteiger partial charge in [-0.2, -0.15) is 0 Å². The molecule has 0 bridgehead atoms. The summed E-state index contributed by atoms with van der Waals surface area (Å²) in [5.74, 6) is -2.10. The van der Waals surface area contributed by atoms with Crippen LogP contribution >= 0.6 is 67.8 Å². The Morgan fingerprint density at radius 3 is 2.03 bits per heavy atom. The van der Waals surface area contributed by atoms with Crippen molar-refractivity contribution in [2.45, 2.75) is 31.3 Å². The average molecular weight is 807 g/mol. The summed E-state index contributed by atoms with van der Waals surface area (Å²) >= 11 is 5.55. The van der Waals surface area contributed by atoms with E-state index in [4.69, 9.17) is 10.2 Å². The Morgan fingerprint density at radius 2 is 1.55 bits per heavy atom. The van der Waals surface area contributed by atoms with Crippen LogP contribution in [-0.2, 0) is 9.59 Å². The number of halogens is 3. The molecular formula is C18H24I3N3O9. The first-order valence-corrected chi connectivity index (χ1v) is 12.5. The Bertz CT molecular complexity index is 903. The highest BCUT2D eigenvalue weighted by Gasteiger charge is 2.35. The molecule has 186 valence electrons. The fourth-order valence-electron chi connectivity index (χ4n) is 2.54. The highest BCUT2D eigenvalue weighted by atomic mass is 127. The quantitative estimate of drug-likeness (QED) is 0.131. The van der Waals surface area contributed by atoms with Crippen LogP contribution in [0.1, 0.15) is 17.3 Å². The Hall–Kier alpha value is -0.420. The smallest absolute Gasteiger partial charge is 0.256 e. The SMILES string of the molecule is CC(=O)N(C)c1c(I)c(NC(=O)[C@H](O)[C@H](O)[C@H](O)[C@H](O)CO)c(I)c(C(=O)NCCO)c1I. The molecule has 0 spiro atoms. The van der Waals surface area contributed by atoms with Crippen molar-refractivity contribution in [2.24, 2.45) is 0 Å². The number of nitrogens with one attached hydrogen (secondary N) is 2. The van der Waals surface area contributed by atoms with E-state index in [-0.39, 0.29) is 33.9 Å². The number of amides is 3. The van der Waals surface area contributed by atoms with Crippen molar-refractivity contribution < 1.29 is 45.0 Å². The third-order valence-corrected chi connectivity index (χ3v) is 7.68. The fourth-order valence-corrected chi connectivity index (χ4v) is 7.19. The lowest BCUT2D eigenvalue weighted by molar-refractivity contribution is -0.144. The standard InChI is InChI=1S/C18H24I3N3O9/c1-6(27)24(2)13-10(20)8(17(32)22-3-4-25)9(19)12(11(13)21)23-18(33)16(31)15(30)14(29)7(28)5-26/h7,14-16,25-26,28-31H,3-5H2,1-2H3,(H,22,32)(H,23,33)/t7-,14-,15-,16-/m1/s1. The van der Waals surface area contributed by atoms with E-state index in [9.17, 15) is 34.8 Å². The van der Waals surface area contributed by atoms with Crippen LogP contribution in [0.15, 0.2) is 0 Å². The largest absolute Gasteiger partial charge is 0.395 e. The van der Waals surface area contributed by atoms with Gasteiger partial charge < -0.3 is 46.2 Å². The molecule has 1 aromatic rings. The maximum Gasteiger partial charge on any atom is 0.256 e. The number of benzene rings is 1. The predicted molar refractivity (Wildman–Crippen MR) is 143 cm³/mol. The molecule has 33 heavy (non-hydrogen) atoms. The number of aliphatic hydroxyl groups is 6. The molecule has 0 unspecified atom stereocenters. The van der Waals surface area contributed by atoms with Crippen molar-refractivity contribution in [1.29, 1.82) is 0 Å². The molecule has 4 atom stereocenters. The van der Waals surface area contributed by atoms with Crippen molar-refractivity contribution in [3.63, 3.8) is 0 Å². The van der Waals surface area contributed by atoms with Crippen molar-refractivity contribution in [1.82, 2.24) is 5.32 Å². The summed E-state index contributed by atoms with van der Waals surface area (Å²) in [6, 6.07) is 0. The molecule has 3 amide bonds. The molecule has 0 heterocycles. The summed E-state index contributed by atoms with van der Waals surface area (Å²) in [6.45, 7) is 0.0556. The Balaban J connectivity index is 3.53. The monoisotopic (exact) mass is 807 g/mol. The van der Waals surface area contributed by atoms with Gasteiger partial charge in [0.15, 0.2) is 6.10 Å². The molecule has 0 aliphatic carbocycles. The van der Waals surface area contributed by atoms with Crippen LogP contribution in [0.4, 0.5) is 11.4 Å². The summed E-state index contributed by atoms with van der Waals surface area (Å²) in [5, 5.41) is 62.2. The van der Waals surface area contributed by atoms with Crippen molar-refractivity contribution in [3.8, 4) is 0 Å². The van der Waals surface area contributed by atoms with E-state index in [0.29, 0.717) is 12.8 Å². The van der Waals surface area contributed by atoms with Gasteiger partial charge in [0.05, 0.1) is 40.9 Å². The van der Waals surface area contributed by atoms with Crippen LogP contribution in [0.3, 0.4) is 0 Å². The van der Waals surface area contributed by atoms with Gasteiger partial charge in [0.1, 0.15) is 18.3 Å². The van der Waals surface area contributed by atoms with Crippen molar-refractivity contribution >= 4 is 96.9 Å². The van der Waals surface area contributed by atoms with Crippen LogP contribution in [-0.4, -0.2) is 99.6 Å². The summed E-state index contributed by atoms with van der Waals surface area (Å²) < 4.78 is 1.00. The minimum absolute atomic E-state index is 0.0352. The molecule has 0 saturated heterocycles. The molecule has 8 N–H and O–H groups in total. The molecular weight excluding hydrogens is 783 g/mol. The van der Waals surface area contributed by atoms with Crippen molar-refractivity contribution in [2.75, 3.05) is 37.0 Å². The second-order valence-electron chi connectivity index (χ2n) is 6.76. The second-order valence-corrected chi connectivity index (χ2v) is 10.00. The summed E-state index contributed by atoms with van der Waals surface area (Å²) in [5.41, 5.74) is 0.468. The van der Waals surface area contributed by atoms with Gasteiger partial charge in [-0.3, -0.25) is 14.4 Å². The number of carbonyl (C=O) groups excluding carboxylic acids is 3. The van der Waals surface area contributed by atoms with Crippen LogP contribution < -0.4 is 15.5 Å². The average Bonchev–Trinajstić information content (AvgIpc) is 2.77. The first-order valence-electron chi connectivity index (χ1n) is 9.29. The van der Waals surface area contributed by atoms with Gasteiger partial charge in [0.2, 0.25) is 5.91 Å². The lowest BCUT2D eigenvalue weighted by atomic mass is 10.0. The summed E-state index contributed by atoms with van der Waals surface area (Å²) in [7, 11) is 1.47. The number of rotatable bonds is 10. The van der Waals surface area contributed by atoms with Crippen molar-refractivity contribution in [3.05, 3.63) is 16.3 Å². The molecule has 0 saturated carbocycles. The highest BCUT2D eigenvalue weighted by Crippen LogP contribution is 2.40. The highest BCUT2D eigenvalue weighted by molar-refractivity contribution is 14.1. The number of carbonyl (C=O) groups is 3. The number of anilines is 2. The lowest BCUT2D eigenvalue weighted by Gasteiger charge is -2.27. The van der Waals surface area contributed by atoms with Gasteiger partial charge in [-0.15, -0.1) is 0 Å². The zero-order valence-corrected chi connectivity index (χ0v) is 23.9. The Morgan fingerprint density at radius 1 is 0.970 bits per heavy atom. The normalized spacial score (nSPS) is 14.8. The third kappa shape index (κ3) is 7.29. The molecule has 1 aromatic carbocycles. The summed E-state index contributed by atoms with van der Waals surface area (Å²) in [6.07, 6.45) is -8.13. The van der Waals surface area contributed by atoms with E-state index < -0.39 is 42.8 Å². The lowest BCUT2D eigenvalue weighted by Crippen LogP contribution is -2.50. The topological polar surface area (TPSA) is 200 Å². The van der Waals surface area contributed by atoms with Crippen LogP contribution in [0, 0.1) is 10.7 Å². The van der Waals surface area contributed by atoms with E-state index in [0.717, 1.165) is 0 Å². The molecule has 0 fully saturated rings. The fraction of sp³-hybridized carbons (Fsp3) is 0.500. The number of aliphatic hydroxyl groups excluding tert-OH is 6. The van der Waals surface area contributed by atoms with Gasteiger partial charge >= 0.3 is 0 Å². The van der Waals surface area contributed by atoms with E-state index in [1.807, 2.05) is 45.2 Å². The van der Waals surface area contributed by atoms with Gasteiger partial charge in [0.25, 0.3) is 11.8 Å². The van der Waals surface area contributed by atoms with E-state index in [1.165, 1.54) is 18.9 Å².